The summed E-state index contributed by atoms with van der Waals surface area (Å²) in [7, 11) is 3.73. The van der Waals surface area contributed by atoms with Crippen LogP contribution >= 0.6 is 11.8 Å². The molecule has 0 aliphatic heterocycles. The first-order valence-electron chi connectivity index (χ1n) is 9.06. The molecule has 10 heteroatoms. The average Bonchev–Trinajstić information content (AvgIpc) is 3.20. The van der Waals surface area contributed by atoms with Gasteiger partial charge < -0.3 is 9.88 Å². The van der Waals surface area contributed by atoms with Gasteiger partial charge in [0.15, 0.2) is 11.0 Å². The van der Waals surface area contributed by atoms with Crippen LogP contribution in [0, 0.1) is 13.8 Å². The number of rotatable bonds is 8. The van der Waals surface area contributed by atoms with Crippen LogP contribution in [-0.4, -0.2) is 42.4 Å². The van der Waals surface area contributed by atoms with Gasteiger partial charge in [0.2, 0.25) is 0 Å². The molecule has 0 saturated heterocycles. The predicted molar refractivity (Wildman–Crippen MR) is 114 cm³/mol. The molecule has 0 atom stereocenters. The normalized spacial score (nSPS) is 11.2. The number of para-hydroxylation sites is 1. The van der Waals surface area contributed by atoms with E-state index < -0.39 is 0 Å². The molecular formula is C19H24N8OS. The topological polar surface area (TPSA) is 102 Å². The molecule has 0 radical (unpaired) electrons. The first-order chi connectivity index (χ1) is 13.9. The third-order valence-electron chi connectivity index (χ3n) is 4.28. The third-order valence-corrected chi connectivity index (χ3v) is 5.30. The lowest BCUT2D eigenvalue weighted by Gasteiger charge is -2.09. The number of hydrazone groups is 1. The zero-order valence-corrected chi connectivity index (χ0v) is 17.7. The van der Waals surface area contributed by atoms with Crippen LogP contribution in [0.2, 0.25) is 0 Å². The van der Waals surface area contributed by atoms with Crippen LogP contribution in [0.15, 0.2) is 40.7 Å². The maximum absolute atomic E-state index is 12.0. The first kappa shape index (κ1) is 20.6. The molecule has 2 heterocycles. The van der Waals surface area contributed by atoms with Crippen LogP contribution < -0.4 is 10.7 Å². The molecule has 0 bridgehead atoms. The van der Waals surface area contributed by atoms with Crippen LogP contribution in [0.1, 0.15) is 22.6 Å². The van der Waals surface area contributed by atoms with Crippen molar-refractivity contribution in [3.8, 4) is 0 Å². The molecular weight excluding hydrogens is 388 g/mol. The Balaban J connectivity index is 1.49. The third kappa shape index (κ3) is 5.44. The summed E-state index contributed by atoms with van der Waals surface area (Å²) >= 11 is 1.31. The van der Waals surface area contributed by atoms with Crippen molar-refractivity contribution in [2.75, 3.05) is 11.1 Å². The van der Waals surface area contributed by atoms with Gasteiger partial charge in [-0.3, -0.25) is 9.48 Å². The predicted octanol–water partition coefficient (Wildman–Crippen LogP) is 2.02. The van der Waals surface area contributed by atoms with Gasteiger partial charge in [-0.15, -0.1) is 10.2 Å². The van der Waals surface area contributed by atoms with Gasteiger partial charge in [0, 0.05) is 31.5 Å². The Morgan fingerprint density at radius 3 is 2.76 bits per heavy atom. The average molecular weight is 413 g/mol. The monoisotopic (exact) mass is 412 g/mol. The Morgan fingerprint density at radius 1 is 1.24 bits per heavy atom. The summed E-state index contributed by atoms with van der Waals surface area (Å²) in [6, 6.07) is 8.07. The number of nitrogens with one attached hydrogen (secondary N) is 2. The maximum atomic E-state index is 12.0. The number of aryl methyl sites for hydroxylation is 3. The molecule has 9 nitrogen and oxygen atoms in total. The second kappa shape index (κ2) is 9.37. The Hall–Kier alpha value is -3.14. The number of nitrogens with zero attached hydrogens (tertiary/aromatic N) is 6. The van der Waals surface area contributed by atoms with E-state index >= 15 is 0 Å². The minimum absolute atomic E-state index is 0.195. The zero-order valence-electron chi connectivity index (χ0n) is 16.9. The number of carbonyl (C=O) groups excluding carboxylic acids is 1. The summed E-state index contributed by atoms with van der Waals surface area (Å²) in [5, 5.41) is 20.6. The van der Waals surface area contributed by atoms with Crippen LogP contribution in [0.25, 0.3) is 0 Å². The van der Waals surface area contributed by atoms with Gasteiger partial charge in [-0.25, -0.2) is 5.43 Å². The molecule has 1 amide bonds. The number of benzene rings is 1. The van der Waals surface area contributed by atoms with E-state index in [2.05, 4.69) is 44.1 Å². The molecule has 2 aromatic heterocycles. The summed E-state index contributed by atoms with van der Waals surface area (Å²) in [6.45, 7) is 4.49. The summed E-state index contributed by atoms with van der Waals surface area (Å²) in [5.41, 5.74) is 6.46. The van der Waals surface area contributed by atoms with E-state index in [1.165, 1.54) is 17.3 Å². The minimum Gasteiger partial charge on any atom is -0.378 e. The maximum Gasteiger partial charge on any atom is 0.250 e. The highest BCUT2D eigenvalue weighted by Gasteiger charge is 2.11. The fraction of sp³-hybridized carbons (Fsp3) is 0.316. The molecule has 2 N–H and O–H groups in total. The van der Waals surface area contributed by atoms with Gasteiger partial charge >= 0.3 is 0 Å². The van der Waals surface area contributed by atoms with Crippen molar-refractivity contribution in [2.24, 2.45) is 19.2 Å². The molecule has 152 valence electrons. The molecule has 29 heavy (non-hydrogen) atoms. The van der Waals surface area contributed by atoms with Crippen molar-refractivity contribution < 1.29 is 4.79 Å². The lowest BCUT2D eigenvalue weighted by Crippen LogP contribution is -2.20. The Kier molecular flexibility index (Phi) is 6.65. The SMILES string of the molecule is Cc1ccccc1NCc1nnc(SCC(=O)NN=Cc2cn(C)nc2C)n1C. The summed E-state index contributed by atoms with van der Waals surface area (Å²) in [4.78, 5) is 12.0. The lowest BCUT2D eigenvalue weighted by molar-refractivity contribution is -0.118. The fourth-order valence-electron chi connectivity index (χ4n) is 2.65. The number of carbonyl (C=O) groups is 1. The van der Waals surface area contributed by atoms with Gasteiger partial charge in [-0.05, 0) is 25.5 Å². The number of hydrogen-bond donors (Lipinski definition) is 2. The quantitative estimate of drug-likeness (QED) is 0.333. The van der Waals surface area contributed by atoms with Crippen LogP contribution in [0.3, 0.4) is 0 Å². The highest BCUT2D eigenvalue weighted by Crippen LogP contribution is 2.17. The van der Waals surface area contributed by atoms with Gasteiger partial charge in [0.1, 0.15) is 0 Å². The van der Waals surface area contributed by atoms with Gasteiger partial charge in [-0.1, -0.05) is 30.0 Å². The second-order valence-electron chi connectivity index (χ2n) is 6.55. The number of hydrogen-bond acceptors (Lipinski definition) is 7. The number of anilines is 1. The van der Waals surface area contributed by atoms with Gasteiger partial charge in [0.05, 0.1) is 24.2 Å². The Morgan fingerprint density at radius 2 is 2.03 bits per heavy atom. The largest absolute Gasteiger partial charge is 0.378 e. The molecule has 3 aromatic rings. The molecule has 0 aliphatic carbocycles. The van der Waals surface area contributed by atoms with E-state index in [-0.39, 0.29) is 11.7 Å². The van der Waals surface area contributed by atoms with Crippen molar-refractivity contribution in [1.82, 2.24) is 30.0 Å². The van der Waals surface area contributed by atoms with Crippen LogP contribution in [0.4, 0.5) is 5.69 Å². The smallest absolute Gasteiger partial charge is 0.250 e. The Labute approximate surface area is 173 Å². The summed E-state index contributed by atoms with van der Waals surface area (Å²) < 4.78 is 3.58. The standard InChI is InChI=1S/C19H24N8OS/c1-13-7-5-6-8-16(13)20-10-17-22-24-19(27(17)4)29-12-18(28)23-21-9-15-11-26(3)25-14(15)2/h5-9,11,20H,10,12H2,1-4H3,(H,23,28). The van der Waals surface area contributed by atoms with Crippen LogP contribution in [0.5, 0.6) is 0 Å². The van der Waals surface area contributed by atoms with Crippen molar-refractivity contribution in [1.29, 1.82) is 0 Å². The first-order valence-corrected chi connectivity index (χ1v) is 10.1. The molecule has 3 rings (SSSR count). The Bertz CT molecular complexity index is 1020. The highest BCUT2D eigenvalue weighted by atomic mass is 32.2. The molecule has 0 unspecified atom stereocenters. The van der Waals surface area contributed by atoms with E-state index in [1.807, 2.05) is 50.0 Å². The van der Waals surface area contributed by atoms with Crippen LogP contribution in [-0.2, 0) is 25.4 Å². The van der Waals surface area contributed by atoms with E-state index in [9.17, 15) is 4.79 Å². The molecule has 0 spiro atoms. The van der Waals surface area contributed by atoms with E-state index in [1.54, 1.807) is 10.9 Å². The van der Waals surface area contributed by atoms with Crippen molar-refractivity contribution in [3.63, 3.8) is 0 Å². The molecule has 1 aromatic carbocycles. The van der Waals surface area contributed by atoms with Gasteiger partial charge in [0.25, 0.3) is 5.91 Å². The zero-order chi connectivity index (χ0) is 20.8. The summed E-state index contributed by atoms with van der Waals surface area (Å²) in [6.07, 6.45) is 3.42. The highest BCUT2D eigenvalue weighted by molar-refractivity contribution is 7.99. The molecule has 0 fully saturated rings. The fourth-order valence-corrected chi connectivity index (χ4v) is 3.37. The van der Waals surface area contributed by atoms with Crippen molar-refractivity contribution in [3.05, 3.63) is 53.1 Å². The molecule has 0 aliphatic rings. The lowest BCUT2D eigenvalue weighted by atomic mass is 10.2. The molecule has 0 saturated carbocycles. The minimum atomic E-state index is -0.213. The van der Waals surface area contributed by atoms with E-state index in [0.29, 0.717) is 11.7 Å². The number of aromatic nitrogens is 5. The van der Waals surface area contributed by atoms with Crippen molar-refractivity contribution >= 4 is 29.6 Å². The van der Waals surface area contributed by atoms with Crippen molar-refractivity contribution in [2.45, 2.75) is 25.5 Å². The number of thioether (sulfide) groups is 1. The second-order valence-corrected chi connectivity index (χ2v) is 7.49. The number of amides is 1. The van der Waals surface area contributed by atoms with E-state index in [4.69, 9.17) is 0 Å². The summed E-state index contributed by atoms with van der Waals surface area (Å²) in [5.74, 6) is 0.775. The van der Waals surface area contributed by atoms with E-state index in [0.717, 1.165) is 22.8 Å². The van der Waals surface area contributed by atoms with Gasteiger partial charge in [-0.2, -0.15) is 10.2 Å².